The highest BCUT2D eigenvalue weighted by Gasteiger charge is 2.20. The number of carbonyl (C=O) groups excluding carboxylic acids is 1. The van der Waals surface area contributed by atoms with Crippen molar-refractivity contribution in [3.63, 3.8) is 0 Å². The zero-order valence-electron chi connectivity index (χ0n) is 14.5. The first kappa shape index (κ1) is 19.7. The van der Waals surface area contributed by atoms with Gasteiger partial charge in [-0.3, -0.25) is 0 Å². The number of carbonyl (C=O) groups is 1. The second-order valence-electron chi connectivity index (χ2n) is 6.83. The van der Waals surface area contributed by atoms with Gasteiger partial charge in [-0.2, -0.15) is 0 Å². The van der Waals surface area contributed by atoms with Crippen LogP contribution >= 0.6 is 11.6 Å². The van der Waals surface area contributed by atoms with Crippen LogP contribution in [0.15, 0.2) is 18.2 Å². The number of hydrogen-bond donors (Lipinski definition) is 1. The molecule has 1 aromatic rings. The van der Waals surface area contributed by atoms with Crippen LogP contribution in [-0.4, -0.2) is 36.7 Å². The summed E-state index contributed by atoms with van der Waals surface area (Å²) in [6, 6.07) is 4.50. The molecule has 130 valence electrons. The molecule has 0 heterocycles. The molecule has 0 radical (unpaired) electrons. The Balaban J connectivity index is 2.38. The second-order valence-corrected chi connectivity index (χ2v) is 7.27. The molecule has 1 unspecified atom stereocenters. The van der Waals surface area contributed by atoms with Crippen molar-refractivity contribution in [2.75, 3.05) is 20.1 Å². The molecule has 0 bridgehead atoms. The normalized spacial score (nSPS) is 12.8. The maximum Gasteiger partial charge on any atom is 0.410 e. The Morgan fingerprint density at radius 3 is 2.70 bits per heavy atom. The van der Waals surface area contributed by atoms with Gasteiger partial charge in [-0.05, 0) is 51.4 Å². The monoisotopic (exact) mass is 344 g/mol. The van der Waals surface area contributed by atoms with Crippen molar-refractivity contribution in [2.24, 2.45) is 5.92 Å². The van der Waals surface area contributed by atoms with E-state index in [1.807, 2.05) is 27.7 Å². The highest BCUT2D eigenvalue weighted by molar-refractivity contribution is 6.30. The topological polar surface area (TPSA) is 41.6 Å². The van der Waals surface area contributed by atoms with E-state index >= 15 is 0 Å². The average Bonchev–Trinajstić information content (AvgIpc) is 2.40. The van der Waals surface area contributed by atoms with E-state index in [-0.39, 0.29) is 17.8 Å². The van der Waals surface area contributed by atoms with Crippen molar-refractivity contribution >= 4 is 17.7 Å². The standard InChI is InChI=1S/C17H26ClFN2O2/c1-12(11-21(5)16(22)23-17(2,3)4)9-20-10-13-8-14(18)6-7-15(13)19/h6-8,12,20H,9-11H2,1-5H3. The molecule has 6 heteroatoms. The highest BCUT2D eigenvalue weighted by Crippen LogP contribution is 2.15. The summed E-state index contributed by atoms with van der Waals surface area (Å²) in [5, 5.41) is 3.70. The largest absolute Gasteiger partial charge is 0.444 e. The Kier molecular flexibility index (Phi) is 7.29. The lowest BCUT2D eigenvalue weighted by atomic mass is 10.1. The van der Waals surface area contributed by atoms with Crippen molar-refractivity contribution < 1.29 is 13.9 Å². The Hall–Kier alpha value is -1.33. The zero-order chi connectivity index (χ0) is 17.6. The third-order valence-electron chi connectivity index (χ3n) is 3.11. The van der Waals surface area contributed by atoms with Gasteiger partial charge in [0.15, 0.2) is 0 Å². The highest BCUT2D eigenvalue weighted by atomic mass is 35.5. The number of benzene rings is 1. The lowest BCUT2D eigenvalue weighted by molar-refractivity contribution is 0.0277. The number of halogens is 2. The van der Waals surface area contributed by atoms with E-state index in [0.29, 0.717) is 30.2 Å². The van der Waals surface area contributed by atoms with Crippen LogP contribution in [-0.2, 0) is 11.3 Å². The van der Waals surface area contributed by atoms with Crippen LogP contribution in [0, 0.1) is 11.7 Å². The molecule has 0 aliphatic rings. The minimum Gasteiger partial charge on any atom is -0.444 e. The van der Waals surface area contributed by atoms with Gasteiger partial charge in [-0.25, -0.2) is 9.18 Å². The van der Waals surface area contributed by atoms with Crippen molar-refractivity contribution in [1.82, 2.24) is 10.2 Å². The molecule has 0 saturated heterocycles. The van der Waals surface area contributed by atoms with Crippen LogP contribution in [0.25, 0.3) is 0 Å². The Labute approximate surface area is 142 Å². The van der Waals surface area contributed by atoms with Crippen LogP contribution < -0.4 is 5.32 Å². The molecule has 1 atom stereocenters. The lowest BCUT2D eigenvalue weighted by Crippen LogP contribution is -2.38. The smallest absolute Gasteiger partial charge is 0.410 e. The van der Waals surface area contributed by atoms with Gasteiger partial charge in [0.05, 0.1) is 0 Å². The average molecular weight is 345 g/mol. The molecule has 1 rings (SSSR count). The Morgan fingerprint density at radius 1 is 1.43 bits per heavy atom. The molecule has 0 saturated carbocycles. The Bertz CT molecular complexity index is 532. The summed E-state index contributed by atoms with van der Waals surface area (Å²) in [4.78, 5) is 13.4. The van der Waals surface area contributed by atoms with Gasteiger partial charge in [-0.15, -0.1) is 0 Å². The summed E-state index contributed by atoms with van der Waals surface area (Å²) in [5.74, 6) is -0.0739. The second kappa shape index (κ2) is 8.50. The van der Waals surface area contributed by atoms with E-state index < -0.39 is 5.60 Å². The van der Waals surface area contributed by atoms with Crippen LogP contribution in [0.2, 0.25) is 5.02 Å². The van der Waals surface area contributed by atoms with E-state index in [4.69, 9.17) is 16.3 Å². The van der Waals surface area contributed by atoms with Gasteiger partial charge in [0.25, 0.3) is 0 Å². The summed E-state index contributed by atoms with van der Waals surface area (Å²) in [6.45, 7) is 9.13. The summed E-state index contributed by atoms with van der Waals surface area (Å²) in [7, 11) is 1.71. The predicted molar refractivity (Wildman–Crippen MR) is 91.1 cm³/mol. The molecular weight excluding hydrogens is 319 g/mol. The number of rotatable bonds is 6. The summed E-state index contributed by atoms with van der Waals surface area (Å²) >= 11 is 5.86. The molecule has 4 nitrogen and oxygen atoms in total. The number of hydrogen-bond acceptors (Lipinski definition) is 3. The Morgan fingerprint density at radius 2 is 2.09 bits per heavy atom. The molecule has 1 aromatic carbocycles. The van der Waals surface area contributed by atoms with Gasteiger partial charge >= 0.3 is 6.09 Å². The molecule has 1 N–H and O–H groups in total. The zero-order valence-corrected chi connectivity index (χ0v) is 15.2. The van der Waals surface area contributed by atoms with Crippen LogP contribution in [0.3, 0.4) is 0 Å². The summed E-state index contributed by atoms with van der Waals surface area (Å²) < 4.78 is 18.9. The molecule has 1 amide bonds. The van der Waals surface area contributed by atoms with Gasteiger partial charge in [0, 0.05) is 30.7 Å². The van der Waals surface area contributed by atoms with Crippen LogP contribution in [0.5, 0.6) is 0 Å². The van der Waals surface area contributed by atoms with E-state index in [1.165, 1.54) is 12.1 Å². The first-order valence-electron chi connectivity index (χ1n) is 7.67. The van der Waals surface area contributed by atoms with E-state index in [0.717, 1.165) is 0 Å². The molecule has 0 aliphatic carbocycles. The van der Waals surface area contributed by atoms with Gasteiger partial charge in [0.2, 0.25) is 0 Å². The molecule has 0 aliphatic heterocycles. The summed E-state index contributed by atoms with van der Waals surface area (Å²) in [5.41, 5.74) is 0.0295. The summed E-state index contributed by atoms with van der Waals surface area (Å²) in [6.07, 6.45) is -0.342. The van der Waals surface area contributed by atoms with Crippen molar-refractivity contribution in [1.29, 1.82) is 0 Å². The molecule has 23 heavy (non-hydrogen) atoms. The van der Waals surface area contributed by atoms with E-state index in [2.05, 4.69) is 5.32 Å². The van der Waals surface area contributed by atoms with Crippen LogP contribution in [0.1, 0.15) is 33.3 Å². The van der Waals surface area contributed by atoms with Crippen molar-refractivity contribution in [3.8, 4) is 0 Å². The maximum atomic E-state index is 13.6. The van der Waals surface area contributed by atoms with E-state index in [1.54, 1.807) is 18.0 Å². The third-order valence-corrected chi connectivity index (χ3v) is 3.34. The van der Waals surface area contributed by atoms with E-state index in [9.17, 15) is 9.18 Å². The number of amides is 1. The molecule has 0 fully saturated rings. The minimum absolute atomic E-state index is 0.203. The number of nitrogens with zero attached hydrogens (tertiary/aromatic N) is 1. The van der Waals surface area contributed by atoms with Crippen molar-refractivity contribution in [3.05, 3.63) is 34.6 Å². The minimum atomic E-state index is -0.503. The number of nitrogens with one attached hydrogen (secondary N) is 1. The lowest BCUT2D eigenvalue weighted by Gasteiger charge is -2.26. The fraction of sp³-hybridized carbons (Fsp3) is 0.588. The fourth-order valence-corrected chi connectivity index (χ4v) is 2.27. The van der Waals surface area contributed by atoms with Gasteiger partial charge in [0.1, 0.15) is 11.4 Å². The quantitative estimate of drug-likeness (QED) is 0.845. The number of ether oxygens (including phenoxy) is 1. The molecule has 0 spiro atoms. The van der Waals surface area contributed by atoms with Gasteiger partial charge in [-0.1, -0.05) is 18.5 Å². The van der Waals surface area contributed by atoms with Gasteiger partial charge < -0.3 is 15.0 Å². The third kappa shape index (κ3) is 7.66. The predicted octanol–water partition coefficient (Wildman–Crippen LogP) is 4.07. The first-order valence-corrected chi connectivity index (χ1v) is 8.05. The van der Waals surface area contributed by atoms with Crippen molar-refractivity contribution in [2.45, 2.75) is 39.8 Å². The maximum absolute atomic E-state index is 13.6. The first-order chi connectivity index (χ1) is 10.6. The SMILES string of the molecule is CC(CNCc1cc(Cl)ccc1F)CN(C)C(=O)OC(C)(C)C. The van der Waals surface area contributed by atoms with Crippen LogP contribution in [0.4, 0.5) is 9.18 Å². The molecular formula is C17H26ClFN2O2. The molecule has 0 aromatic heterocycles. The fourth-order valence-electron chi connectivity index (χ4n) is 2.08.